The molecule has 1 aliphatic rings. The minimum atomic E-state index is -3.94. The van der Waals surface area contributed by atoms with Crippen molar-refractivity contribution in [3.05, 3.63) is 59.6 Å². The Bertz CT molecular complexity index is 1570. The van der Waals surface area contributed by atoms with Gasteiger partial charge in [0.05, 0.1) is 12.2 Å². The van der Waals surface area contributed by atoms with Crippen molar-refractivity contribution in [1.82, 2.24) is 45.0 Å². The highest BCUT2D eigenvalue weighted by molar-refractivity contribution is 7.89. The highest BCUT2D eigenvalue weighted by Crippen LogP contribution is 2.21. The Morgan fingerprint density at radius 1 is 1.02 bits per heavy atom. The number of carbonyl (C=O) groups excluding carboxylic acids is 3. The molecule has 0 aliphatic carbocycles. The maximum absolute atomic E-state index is 13.8. The van der Waals surface area contributed by atoms with Crippen LogP contribution in [-0.2, 0) is 43.8 Å². The van der Waals surface area contributed by atoms with Crippen LogP contribution >= 0.6 is 0 Å². The lowest BCUT2D eigenvalue weighted by Crippen LogP contribution is -2.50. The first-order chi connectivity index (χ1) is 21.5. The number of fused-ring (bicyclic) bond motifs is 1. The zero-order chi connectivity index (χ0) is 32.6. The Kier molecular flexibility index (Phi) is 11.4. The summed E-state index contributed by atoms with van der Waals surface area (Å²) in [5.41, 5.74) is 0.861. The highest BCUT2D eigenvalue weighted by atomic mass is 32.2. The van der Waals surface area contributed by atoms with Crippen molar-refractivity contribution in [2.75, 3.05) is 19.6 Å². The topological polar surface area (TPSA) is 184 Å². The second kappa shape index (κ2) is 15.3. The number of hydrogen-bond donors (Lipinski definition) is 4. The average Bonchev–Trinajstić information content (AvgIpc) is 3.63. The third-order valence-electron chi connectivity index (χ3n) is 7.55. The number of benzene rings is 1. The Morgan fingerprint density at radius 2 is 1.76 bits per heavy atom. The second-order valence-corrected chi connectivity index (χ2v) is 13.4. The fourth-order valence-corrected chi connectivity index (χ4v) is 6.61. The van der Waals surface area contributed by atoms with Gasteiger partial charge >= 0.3 is 0 Å². The minimum absolute atomic E-state index is 0.00560. The summed E-state index contributed by atoms with van der Waals surface area (Å²) in [7, 11) is -3.94. The number of aryl methyl sites for hydroxylation is 2. The van der Waals surface area contributed by atoms with Gasteiger partial charge in [-0.15, -0.1) is 0 Å². The standard InChI is InChI=1S/C30H43N9O5S/c1-5-24-32-18-27(35-24)45(43,44)38-15-9-13-25(40)34-23(17-22-11-7-6-8-12-22)30(42)36-28(20(2)3)29-33-21(4)37-39(29)19-26(41)31-14-10-16-38/h6-8,11-12,18,20,23,28H,5,9-10,13-17,19H2,1-4H3,(H,31,41)(H,32,35)(H,34,40)(H,36,42)/t23-,28+/m1/s1. The predicted molar refractivity (Wildman–Crippen MR) is 166 cm³/mol. The van der Waals surface area contributed by atoms with Crippen LogP contribution < -0.4 is 16.0 Å². The third-order valence-corrected chi connectivity index (χ3v) is 9.36. The molecule has 0 saturated carbocycles. The van der Waals surface area contributed by atoms with Gasteiger partial charge in [0.2, 0.25) is 17.7 Å². The van der Waals surface area contributed by atoms with Gasteiger partial charge in [-0.1, -0.05) is 51.1 Å². The zero-order valence-electron chi connectivity index (χ0n) is 26.2. The number of nitrogens with zero attached hydrogens (tertiary/aromatic N) is 5. The molecule has 1 aliphatic heterocycles. The monoisotopic (exact) mass is 641 g/mol. The zero-order valence-corrected chi connectivity index (χ0v) is 27.1. The molecule has 2 aromatic heterocycles. The number of sulfonamides is 1. The summed E-state index contributed by atoms with van der Waals surface area (Å²) in [6.07, 6.45) is 2.67. The number of amides is 3. The van der Waals surface area contributed by atoms with Crippen LogP contribution in [0, 0.1) is 12.8 Å². The number of H-pyrrole nitrogens is 1. The fourth-order valence-electron chi connectivity index (χ4n) is 5.16. The number of carbonyl (C=O) groups is 3. The molecule has 0 spiro atoms. The number of hydrogen-bond acceptors (Lipinski definition) is 8. The van der Waals surface area contributed by atoms with E-state index in [9.17, 15) is 22.8 Å². The summed E-state index contributed by atoms with van der Waals surface area (Å²) in [5.74, 6) is 0.233. The Morgan fingerprint density at radius 3 is 2.44 bits per heavy atom. The van der Waals surface area contributed by atoms with E-state index >= 15 is 0 Å². The fraction of sp³-hybridized carbons (Fsp3) is 0.533. The molecule has 0 fully saturated rings. The Labute approximate surface area is 263 Å². The van der Waals surface area contributed by atoms with E-state index < -0.39 is 28.0 Å². The van der Waals surface area contributed by atoms with Crippen LogP contribution in [0.5, 0.6) is 0 Å². The Balaban J connectivity index is 1.62. The van der Waals surface area contributed by atoms with Crippen molar-refractivity contribution in [3.63, 3.8) is 0 Å². The van der Waals surface area contributed by atoms with Crippen LogP contribution in [0.4, 0.5) is 0 Å². The van der Waals surface area contributed by atoms with Crippen LogP contribution in [-0.4, -0.2) is 80.9 Å². The first-order valence-corrected chi connectivity index (χ1v) is 16.8. The summed E-state index contributed by atoms with van der Waals surface area (Å²) < 4.78 is 29.8. The maximum Gasteiger partial charge on any atom is 0.260 e. The van der Waals surface area contributed by atoms with Crippen LogP contribution in [0.1, 0.15) is 69.1 Å². The smallest absolute Gasteiger partial charge is 0.260 e. The van der Waals surface area contributed by atoms with E-state index in [1.54, 1.807) is 6.92 Å². The summed E-state index contributed by atoms with van der Waals surface area (Å²) in [5, 5.41) is 13.1. The molecule has 4 rings (SSSR count). The number of rotatable bonds is 6. The lowest BCUT2D eigenvalue weighted by atomic mass is 10.0. The number of imidazole rings is 1. The van der Waals surface area contributed by atoms with E-state index in [1.165, 1.54) is 15.2 Å². The molecular formula is C30H43N9O5S. The molecule has 0 unspecified atom stereocenters. The van der Waals surface area contributed by atoms with Crippen molar-refractivity contribution in [2.24, 2.45) is 5.92 Å². The largest absolute Gasteiger partial charge is 0.354 e. The SMILES string of the molecule is CCc1ncc(S(=O)(=O)N2CCCNC(=O)Cn3nc(C)nc3[C@H](C(C)C)NC(=O)[C@@H](Cc3ccccc3)NC(=O)CCC2)[nH]1. The van der Waals surface area contributed by atoms with E-state index in [-0.39, 0.29) is 68.2 Å². The van der Waals surface area contributed by atoms with Gasteiger partial charge in [0.25, 0.3) is 10.0 Å². The second-order valence-electron chi connectivity index (χ2n) is 11.5. The molecule has 2 atom stereocenters. The van der Waals surface area contributed by atoms with E-state index in [0.717, 1.165) is 5.56 Å². The van der Waals surface area contributed by atoms with Gasteiger partial charge in [0.1, 0.15) is 24.2 Å². The molecule has 3 aromatic rings. The first kappa shape index (κ1) is 33.8. The van der Waals surface area contributed by atoms with Crippen molar-refractivity contribution >= 4 is 27.7 Å². The summed E-state index contributed by atoms with van der Waals surface area (Å²) in [4.78, 5) is 51.4. The van der Waals surface area contributed by atoms with Crippen LogP contribution in [0.2, 0.25) is 0 Å². The average molecular weight is 642 g/mol. The molecule has 14 nitrogen and oxygen atoms in total. The lowest BCUT2D eigenvalue weighted by molar-refractivity contribution is -0.129. The van der Waals surface area contributed by atoms with E-state index in [1.807, 2.05) is 51.1 Å². The van der Waals surface area contributed by atoms with Gasteiger partial charge in [0, 0.05) is 38.9 Å². The van der Waals surface area contributed by atoms with Crippen molar-refractivity contribution < 1.29 is 22.8 Å². The maximum atomic E-state index is 13.8. The van der Waals surface area contributed by atoms with Crippen LogP contribution in [0.25, 0.3) is 0 Å². The quantitative estimate of drug-likeness (QED) is 0.311. The number of nitrogens with one attached hydrogen (secondary N) is 4. The molecule has 3 heterocycles. The van der Waals surface area contributed by atoms with E-state index in [2.05, 4.69) is 36.0 Å². The summed E-state index contributed by atoms with van der Waals surface area (Å²) in [6.45, 7) is 7.72. The number of aromatic amines is 1. The van der Waals surface area contributed by atoms with Gasteiger partial charge < -0.3 is 20.9 Å². The lowest BCUT2D eigenvalue weighted by Gasteiger charge is -2.26. The normalized spacial score (nSPS) is 20.1. The molecule has 244 valence electrons. The highest BCUT2D eigenvalue weighted by Gasteiger charge is 2.31. The molecule has 3 amide bonds. The van der Waals surface area contributed by atoms with Crippen molar-refractivity contribution in [2.45, 2.75) is 83.5 Å². The van der Waals surface area contributed by atoms with E-state index in [0.29, 0.717) is 30.3 Å². The third kappa shape index (κ3) is 8.97. The van der Waals surface area contributed by atoms with Gasteiger partial charge in [0.15, 0.2) is 10.9 Å². The van der Waals surface area contributed by atoms with Gasteiger partial charge in [-0.25, -0.2) is 23.1 Å². The molecule has 4 N–H and O–H groups in total. The van der Waals surface area contributed by atoms with Crippen LogP contribution in [0.3, 0.4) is 0 Å². The molecule has 1 aromatic carbocycles. The van der Waals surface area contributed by atoms with Crippen molar-refractivity contribution in [1.29, 1.82) is 0 Å². The van der Waals surface area contributed by atoms with Gasteiger partial charge in [-0.3, -0.25) is 14.4 Å². The van der Waals surface area contributed by atoms with Gasteiger partial charge in [-0.05, 0) is 31.2 Å². The first-order valence-electron chi connectivity index (χ1n) is 15.3. The van der Waals surface area contributed by atoms with E-state index in [4.69, 9.17) is 0 Å². The van der Waals surface area contributed by atoms with Crippen LogP contribution in [0.15, 0.2) is 41.6 Å². The molecular weight excluding hydrogens is 598 g/mol. The molecule has 15 heteroatoms. The Hall–Kier alpha value is -4.11. The summed E-state index contributed by atoms with van der Waals surface area (Å²) >= 11 is 0. The molecule has 0 saturated heterocycles. The molecule has 0 bridgehead atoms. The molecule has 45 heavy (non-hydrogen) atoms. The predicted octanol–water partition coefficient (Wildman–Crippen LogP) is 1.40. The van der Waals surface area contributed by atoms with Gasteiger partial charge in [-0.2, -0.15) is 9.40 Å². The number of aromatic nitrogens is 5. The minimum Gasteiger partial charge on any atom is -0.354 e. The van der Waals surface area contributed by atoms with Crippen molar-refractivity contribution in [3.8, 4) is 0 Å². The summed E-state index contributed by atoms with van der Waals surface area (Å²) in [6, 6.07) is 7.88. The molecule has 0 radical (unpaired) electrons.